The highest BCUT2D eigenvalue weighted by Crippen LogP contribution is 2.27. The van der Waals surface area contributed by atoms with E-state index in [1.165, 1.54) is 0 Å². The topological polar surface area (TPSA) is 35.6 Å². The summed E-state index contributed by atoms with van der Waals surface area (Å²) < 4.78 is 0. The minimum atomic E-state index is -0.203. The Morgan fingerprint density at radius 1 is 1.25 bits per heavy atom. The normalized spacial score (nSPS) is 23.1. The van der Waals surface area contributed by atoms with E-state index in [1.807, 2.05) is 49.3 Å². The average molecular weight is 275 g/mol. The van der Waals surface area contributed by atoms with E-state index in [0.717, 1.165) is 18.7 Å². The third-order valence-corrected chi connectivity index (χ3v) is 3.76. The predicted octanol–water partition coefficient (Wildman–Crippen LogP) is 1.70. The van der Waals surface area contributed by atoms with Gasteiger partial charge in [0.25, 0.3) is 0 Å². The van der Waals surface area contributed by atoms with E-state index in [9.17, 15) is 4.79 Å². The Labute approximate surface area is 121 Å². The largest absolute Gasteiger partial charge is 0.324 e. The van der Waals surface area contributed by atoms with Gasteiger partial charge in [-0.15, -0.1) is 0 Å². The fourth-order valence-electron chi connectivity index (χ4n) is 2.63. The molecule has 0 saturated carbocycles. The van der Waals surface area contributed by atoms with Gasteiger partial charge in [-0.05, 0) is 25.6 Å². The molecule has 1 aliphatic heterocycles. The van der Waals surface area contributed by atoms with Gasteiger partial charge in [0.2, 0.25) is 5.91 Å². The molecular formula is C16H25N3O. The molecule has 20 heavy (non-hydrogen) atoms. The standard InChI is InChI=1S/C16H25N3O/c1-12(2)15-17-14(13-8-6-5-7-9-13)16(20)19(15)11-10-18(3)4/h5-9,12,14-15,17H,10-11H2,1-4H3. The number of carbonyl (C=O) groups is 1. The quantitative estimate of drug-likeness (QED) is 0.888. The molecule has 1 heterocycles. The first-order valence-corrected chi connectivity index (χ1v) is 7.27. The van der Waals surface area contributed by atoms with E-state index in [0.29, 0.717) is 5.92 Å². The number of benzene rings is 1. The van der Waals surface area contributed by atoms with Crippen molar-refractivity contribution in [3.8, 4) is 0 Å². The van der Waals surface area contributed by atoms with Crippen LogP contribution in [0.1, 0.15) is 25.5 Å². The van der Waals surface area contributed by atoms with Gasteiger partial charge in [-0.1, -0.05) is 44.2 Å². The van der Waals surface area contributed by atoms with Crippen LogP contribution in [0.25, 0.3) is 0 Å². The summed E-state index contributed by atoms with van der Waals surface area (Å²) in [4.78, 5) is 16.8. The zero-order chi connectivity index (χ0) is 14.7. The zero-order valence-electron chi connectivity index (χ0n) is 12.8. The van der Waals surface area contributed by atoms with E-state index < -0.39 is 0 Å². The molecule has 0 aliphatic carbocycles. The van der Waals surface area contributed by atoms with Crippen molar-refractivity contribution in [2.45, 2.75) is 26.1 Å². The fourth-order valence-corrected chi connectivity index (χ4v) is 2.63. The van der Waals surface area contributed by atoms with Crippen molar-refractivity contribution in [3.63, 3.8) is 0 Å². The second kappa shape index (κ2) is 6.37. The summed E-state index contributed by atoms with van der Waals surface area (Å²) >= 11 is 0. The Hall–Kier alpha value is -1.39. The molecule has 1 aliphatic rings. The Balaban J connectivity index is 2.16. The highest BCUT2D eigenvalue weighted by Gasteiger charge is 2.40. The SMILES string of the molecule is CC(C)C1NC(c2ccccc2)C(=O)N1CCN(C)C. The molecule has 110 valence electrons. The first-order valence-electron chi connectivity index (χ1n) is 7.27. The van der Waals surface area contributed by atoms with Crippen LogP contribution in [0.2, 0.25) is 0 Å². The number of carbonyl (C=O) groups excluding carboxylic acids is 1. The molecule has 0 radical (unpaired) electrons. The third-order valence-electron chi connectivity index (χ3n) is 3.76. The molecule has 0 aromatic heterocycles. The summed E-state index contributed by atoms with van der Waals surface area (Å²) in [7, 11) is 4.07. The minimum absolute atomic E-state index is 0.118. The first-order chi connectivity index (χ1) is 9.50. The molecule has 0 spiro atoms. The molecule has 1 amide bonds. The lowest BCUT2D eigenvalue weighted by molar-refractivity contribution is -0.130. The molecule has 0 bridgehead atoms. The number of likely N-dealkylation sites (N-methyl/N-ethyl adjacent to an activating group) is 1. The predicted molar refractivity (Wildman–Crippen MR) is 81.2 cm³/mol. The summed E-state index contributed by atoms with van der Waals surface area (Å²) in [5.74, 6) is 0.589. The van der Waals surface area contributed by atoms with Gasteiger partial charge in [0.1, 0.15) is 6.04 Å². The Morgan fingerprint density at radius 3 is 2.45 bits per heavy atom. The van der Waals surface area contributed by atoms with Crippen LogP contribution in [0.5, 0.6) is 0 Å². The second-order valence-corrected chi connectivity index (χ2v) is 6.03. The van der Waals surface area contributed by atoms with Gasteiger partial charge in [0, 0.05) is 13.1 Å². The molecule has 4 heteroatoms. The lowest BCUT2D eigenvalue weighted by Gasteiger charge is -2.28. The van der Waals surface area contributed by atoms with Crippen LogP contribution in [0, 0.1) is 5.92 Å². The van der Waals surface area contributed by atoms with Gasteiger partial charge in [0.05, 0.1) is 6.17 Å². The zero-order valence-corrected chi connectivity index (χ0v) is 12.8. The van der Waals surface area contributed by atoms with Crippen LogP contribution >= 0.6 is 0 Å². The average Bonchev–Trinajstić information content (AvgIpc) is 2.75. The fraction of sp³-hybridized carbons (Fsp3) is 0.562. The van der Waals surface area contributed by atoms with Crippen LogP contribution in [0.4, 0.5) is 0 Å². The molecule has 4 nitrogen and oxygen atoms in total. The van der Waals surface area contributed by atoms with Crippen molar-refractivity contribution in [1.82, 2.24) is 15.1 Å². The molecular weight excluding hydrogens is 250 g/mol. The molecule has 2 rings (SSSR count). The number of rotatable bonds is 5. The van der Waals surface area contributed by atoms with Crippen molar-refractivity contribution in [1.29, 1.82) is 0 Å². The van der Waals surface area contributed by atoms with Crippen molar-refractivity contribution >= 4 is 5.91 Å². The van der Waals surface area contributed by atoms with Crippen LogP contribution in [-0.2, 0) is 4.79 Å². The van der Waals surface area contributed by atoms with E-state index in [-0.39, 0.29) is 18.1 Å². The van der Waals surface area contributed by atoms with Crippen molar-refractivity contribution < 1.29 is 4.79 Å². The van der Waals surface area contributed by atoms with Gasteiger partial charge < -0.3 is 9.80 Å². The Kier molecular flexibility index (Phi) is 4.78. The van der Waals surface area contributed by atoms with Crippen molar-refractivity contribution in [2.24, 2.45) is 5.92 Å². The van der Waals surface area contributed by atoms with Gasteiger partial charge in [-0.2, -0.15) is 0 Å². The summed E-state index contributed by atoms with van der Waals surface area (Å²) in [5.41, 5.74) is 1.05. The monoisotopic (exact) mass is 275 g/mol. The second-order valence-electron chi connectivity index (χ2n) is 6.03. The number of nitrogens with zero attached hydrogens (tertiary/aromatic N) is 2. The van der Waals surface area contributed by atoms with E-state index >= 15 is 0 Å². The number of hydrogen-bond donors (Lipinski definition) is 1. The van der Waals surface area contributed by atoms with Gasteiger partial charge in [-0.25, -0.2) is 0 Å². The lowest BCUT2D eigenvalue weighted by Crippen LogP contribution is -2.44. The summed E-state index contributed by atoms with van der Waals surface area (Å²) in [5, 5.41) is 3.49. The highest BCUT2D eigenvalue weighted by molar-refractivity contribution is 5.85. The Bertz CT molecular complexity index is 444. The van der Waals surface area contributed by atoms with Crippen LogP contribution in [-0.4, -0.2) is 49.1 Å². The number of amides is 1. The molecule has 2 unspecified atom stereocenters. The van der Waals surface area contributed by atoms with Gasteiger partial charge in [-0.3, -0.25) is 10.1 Å². The van der Waals surface area contributed by atoms with Crippen molar-refractivity contribution in [2.75, 3.05) is 27.2 Å². The first kappa shape index (κ1) is 15.0. The Morgan fingerprint density at radius 2 is 1.90 bits per heavy atom. The molecule has 1 aromatic carbocycles. The molecule has 2 atom stereocenters. The molecule has 1 saturated heterocycles. The smallest absolute Gasteiger partial charge is 0.245 e. The number of nitrogens with one attached hydrogen (secondary N) is 1. The maximum Gasteiger partial charge on any atom is 0.245 e. The van der Waals surface area contributed by atoms with Gasteiger partial charge >= 0.3 is 0 Å². The van der Waals surface area contributed by atoms with E-state index in [4.69, 9.17) is 0 Å². The molecule has 1 aromatic rings. The van der Waals surface area contributed by atoms with Crippen molar-refractivity contribution in [3.05, 3.63) is 35.9 Å². The molecule has 1 N–H and O–H groups in total. The number of hydrogen-bond acceptors (Lipinski definition) is 3. The van der Waals surface area contributed by atoms with E-state index in [1.54, 1.807) is 0 Å². The third kappa shape index (κ3) is 3.19. The lowest BCUT2D eigenvalue weighted by atomic mass is 10.1. The van der Waals surface area contributed by atoms with Gasteiger partial charge in [0.15, 0.2) is 0 Å². The maximum absolute atomic E-state index is 12.7. The van der Waals surface area contributed by atoms with E-state index in [2.05, 4.69) is 24.1 Å². The summed E-state index contributed by atoms with van der Waals surface area (Å²) in [6, 6.07) is 9.77. The summed E-state index contributed by atoms with van der Waals surface area (Å²) in [6.45, 7) is 5.96. The summed E-state index contributed by atoms with van der Waals surface area (Å²) in [6.07, 6.45) is 0.118. The highest BCUT2D eigenvalue weighted by atomic mass is 16.2. The van der Waals surface area contributed by atoms with Crippen LogP contribution in [0.3, 0.4) is 0 Å². The minimum Gasteiger partial charge on any atom is -0.324 e. The maximum atomic E-state index is 12.7. The van der Waals surface area contributed by atoms with Crippen LogP contribution in [0.15, 0.2) is 30.3 Å². The van der Waals surface area contributed by atoms with Crippen LogP contribution < -0.4 is 5.32 Å². The molecule has 1 fully saturated rings.